The Morgan fingerprint density at radius 3 is 2.73 bits per heavy atom. The molecule has 1 N–H and O–H groups in total. The first-order chi connectivity index (χ1) is 12.5. The Balaban J connectivity index is 1.90. The number of ether oxygens (including phenoxy) is 2. The van der Waals surface area contributed by atoms with Crippen molar-refractivity contribution in [2.45, 2.75) is 26.3 Å². The third kappa shape index (κ3) is 2.70. The van der Waals surface area contributed by atoms with E-state index in [9.17, 15) is 10.1 Å². The summed E-state index contributed by atoms with van der Waals surface area (Å²) in [5, 5.41) is 15.8. The molecule has 8 heteroatoms. The number of nitrogens with one attached hydrogen (secondary N) is 1. The summed E-state index contributed by atoms with van der Waals surface area (Å²) in [5.74, 6) is 1.41. The molecule has 26 heavy (non-hydrogen) atoms. The minimum absolute atomic E-state index is 0.0714. The molecule has 0 fully saturated rings. The van der Waals surface area contributed by atoms with Gasteiger partial charge in [-0.2, -0.15) is 5.10 Å². The molecule has 0 radical (unpaired) electrons. The Kier molecular flexibility index (Phi) is 4.07. The number of hydrazone groups is 1. The molecule has 4 rings (SSSR count). The summed E-state index contributed by atoms with van der Waals surface area (Å²) < 4.78 is 11.7. The van der Waals surface area contributed by atoms with Gasteiger partial charge in [0.15, 0.2) is 11.5 Å². The number of halogens is 1. The first kappa shape index (κ1) is 16.8. The van der Waals surface area contributed by atoms with Gasteiger partial charge in [0.05, 0.1) is 10.6 Å². The number of nitro groups is 1. The summed E-state index contributed by atoms with van der Waals surface area (Å²) in [6.45, 7) is 3.98. The number of fused-ring (bicyclic) bond motifs is 2. The van der Waals surface area contributed by atoms with Crippen LogP contribution in [0.5, 0.6) is 11.5 Å². The molecule has 2 aliphatic heterocycles. The van der Waals surface area contributed by atoms with Gasteiger partial charge in [-0.25, -0.2) is 0 Å². The molecule has 7 nitrogen and oxygen atoms in total. The van der Waals surface area contributed by atoms with E-state index in [1.54, 1.807) is 13.0 Å². The van der Waals surface area contributed by atoms with Crippen LogP contribution in [0.15, 0.2) is 33.8 Å². The number of hydrogen-bond acceptors (Lipinski definition) is 6. The fraction of sp³-hybridized carbons (Fsp3) is 0.278. The standard InChI is InChI=1S/C18H16BrN3O4/c1-9-5-11-6-15-16(26-8-25-15)7-13(11)18(21-20-9)12-3-4-14(22(23)24)10(2)17(12)19/h3-4,6-7,9,20H,5,8H2,1-2H3/t9-/m1/s1. The third-order valence-corrected chi connectivity index (χ3v) is 5.61. The van der Waals surface area contributed by atoms with Gasteiger partial charge in [0.25, 0.3) is 5.69 Å². The number of nitro benzene ring substituents is 1. The molecule has 2 heterocycles. The van der Waals surface area contributed by atoms with Crippen LogP contribution < -0.4 is 14.9 Å². The molecule has 0 amide bonds. The molecule has 0 aliphatic carbocycles. The molecule has 0 aromatic heterocycles. The highest BCUT2D eigenvalue weighted by molar-refractivity contribution is 9.10. The number of rotatable bonds is 2. The monoisotopic (exact) mass is 417 g/mol. The number of hydrogen-bond donors (Lipinski definition) is 1. The molecule has 0 bridgehead atoms. The highest BCUT2D eigenvalue weighted by atomic mass is 79.9. The Labute approximate surface area is 158 Å². The summed E-state index contributed by atoms with van der Waals surface area (Å²) in [6.07, 6.45) is 0.780. The Morgan fingerprint density at radius 2 is 2.00 bits per heavy atom. The van der Waals surface area contributed by atoms with Gasteiger partial charge in [-0.1, -0.05) is 0 Å². The number of benzene rings is 2. The third-order valence-electron chi connectivity index (χ3n) is 4.59. The van der Waals surface area contributed by atoms with Crippen molar-refractivity contribution in [2.75, 3.05) is 6.79 Å². The van der Waals surface area contributed by atoms with Gasteiger partial charge in [-0.05, 0) is 60.0 Å². The average Bonchev–Trinajstić information content (AvgIpc) is 2.98. The molecule has 1 atom stereocenters. The first-order valence-electron chi connectivity index (χ1n) is 8.15. The van der Waals surface area contributed by atoms with Crippen LogP contribution in [0.2, 0.25) is 0 Å². The zero-order chi connectivity index (χ0) is 18.4. The van der Waals surface area contributed by atoms with Crippen LogP contribution >= 0.6 is 15.9 Å². The van der Waals surface area contributed by atoms with E-state index in [1.807, 2.05) is 12.1 Å². The predicted octanol–water partition coefficient (Wildman–Crippen LogP) is 3.68. The molecule has 2 aliphatic rings. The van der Waals surface area contributed by atoms with Crippen molar-refractivity contribution in [3.63, 3.8) is 0 Å². The lowest BCUT2D eigenvalue weighted by Crippen LogP contribution is -2.22. The molecule has 2 aromatic carbocycles. The maximum absolute atomic E-state index is 11.2. The molecule has 0 saturated heterocycles. The lowest BCUT2D eigenvalue weighted by molar-refractivity contribution is -0.385. The zero-order valence-corrected chi connectivity index (χ0v) is 15.8. The second-order valence-electron chi connectivity index (χ2n) is 6.39. The van der Waals surface area contributed by atoms with E-state index in [4.69, 9.17) is 9.47 Å². The SMILES string of the molecule is Cc1c([N+](=O)[O-])ccc(C2=NN[C@H](C)Cc3cc4c(cc32)OCO4)c1Br. The van der Waals surface area contributed by atoms with E-state index in [0.717, 1.165) is 28.9 Å². The van der Waals surface area contributed by atoms with E-state index in [1.165, 1.54) is 6.07 Å². The van der Waals surface area contributed by atoms with Crippen molar-refractivity contribution in [3.8, 4) is 11.5 Å². The molecular formula is C18H16BrN3O4. The second kappa shape index (κ2) is 6.28. The average molecular weight is 418 g/mol. The quantitative estimate of drug-likeness (QED) is 0.594. The Hall–Kier alpha value is -2.61. The summed E-state index contributed by atoms with van der Waals surface area (Å²) in [4.78, 5) is 10.8. The zero-order valence-electron chi connectivity index (χ0n) is 14.2. The van der Waals surface area contributed by atoms with E-state index in [0.29, 0.717) is 21.5 Å². The van der Waals surface area contributed by atoms with Crippen LogP contribution in [-0.2, 0) is 6.42 Å². The van der Waals surface area contributed by atoms with E-state index in [2.05, 4.69) is 33.4 Å². The summed E-state index contributed by atoms with van der Waals surface area (Å²) in [7, 11) is 0. The van der Waals surface area contributed by atoms with Crippen LogP contribution in [0, 0.1) is 17.0 Å². The van der Waals surface area contributed by atoms with Gasteiger partial charge in [-0.15, -0.1) is 0 Å². The fourth-order valence-electron chi connectivity index (χ4n) is 3.24. The lowest BCUT2D eigenvalue weighted by Gasteiger charge is -2.13. The molecule has 0 saturated carbocycles. The topological polar surface area (TPSA) is 86.0 Å². The largest absolute Gasteiger partial charge is 0.454 e. The summed E-state index contributed by atoms with van der Waals surface area (Å²) >= 11 is 3.52. The van der Waals surface area contributed by atoms with Crippen molar-refractivity contribution in [3.05, 3.63) is 61.1 Å². The van der Waals surface area contributed by atoms with Gasteiger partial charge in [0, 0.05) is 33.3 Å². The van der Waals surface area contributed by atoms with Gasteiger partial charge in [0.1, 0.15) is 0 Å². The Morgan fingerprint density at radius 1 is 1.27 bits per heavy atom. The van der Waals surface area contributed by atoms with Crippen molar-refractivity contribution in [1.82, 2.24) is 5.43 Å². The van der Waals surface area contributed by atoms with Crippen LogP contribution in [0.25, 0.3) is 0 Å². The minimum atomic E-state index is -0.384. The van der Waals surface area contributed by atoms with Crippen LogP contribution in [0.3, 0.4) is 0 Å². The normalized spacial score (nSPS) is 17.8. The molecular weight excluding hydrogens is 402 g/mol. The smallest absolute Gasteiger partial charge is 0.273 e. The van der Waals surface area contributed by atoms with Crippen LogP contribution in [0.1, 0.15) is 29.2 Å². The summed E-state index contributed by atoms with van der Waals surface area (Å²) in [6, 6.07) is 7.30. The van der Waals surface area contributed by atoms with Crippen molar-refractivity contribution < 1.29 is 14.4 Å². The Bertz CT molecular complexity index is 958. The van der Waals surface area contributed by atoms with Crippen LogP contribution in [-0.4, -0.2) is 23.5 Å². The maximum Gasteiger partial charge on any atom is 0.273 e. The molecule has 0 spiro atoms. The molecule has 2 aromatic rings. The van der Waals surface area contributed by atoms with Crippen molar-refractivity contribution >= 4 is 27.3 Å². The van der Waals surface area contributed by atoms with Gasteiger partial charge < -0.3 is 14.9 Å². The van der Waals surface area contributed by atoms with E-state index in [-0.39, 0.29) is 23.4 Å². The van der Waals surface area contributed by atoms with E-state index < -0.39 is 0 Å². The minimum Gasteiger partial charge on any atom is -0.454 e. The molecule has 134 valence electrons. The highest BCUT2D eigenvalue weighted by Gasteiger charge is 2.26. The summed E-state index contributed by atoms with van der Waals surface area (Å²) in [5.41, 5.74) is 7.31. The maximum atomic E-state index is 11.2. The lowest BCUT2D eigenvalue weighted by atomic mass is 9.93. The van der Waals surface area contributed by atoms with Crippen molar-refractivity contribution in [2.24, 2.45) is 5.10 Å². The first-order valence-corrected chi connectivity index (χ1v) is 8.95. The fourth-order valence-corrected chi connectivity index (χ4v) is 3.77. The number of nitrogens with zero attached hydrogens (tertiary/aromatic N) is 2. The molecule has 0 unspecified atom stereocenters. The van der Waals surface area contributed by atoms with Gasteiger partial charge >= 0.3 is 0 Å². The van der Waals surface area contributed by atoms with Gasteiger partial charge in [-0.3, -0.25) is 10.1 Å². The predicted molar refractivity (Wildman–Crippen MR) is 100 cm³/mol. The van der Waals surface area contributed by atoms with E-state index >= 15 is 0 Å². The van der Waals surface area contributed by atoms with Crippen LogP contribution in [0.4, 0.5) is 5.69 Å². The van der Waals surface area contributed by atoms with Crippen molar-refractivity contribution in [1.29, 1.82) is 0 Å². The van der Waals surface area contributed by atoms with Gasteiger partial charge in [0.2, 0.25) is 6.79 Å². The highest BCUT2D eigenvalue weighted by Crippen LogP contribution is 2.38. The second-order valence-corrected chi connectivity index (χ2v) is 7.18.